The number of allylic oxidation sites excluding steroid dienone is 5. The van der Waals surface area contributed by atoms with E-state index in [9.17, 15) is 18.0 Å². The standard InChI is InChI=1S/C24H33F3O/c1-6-17(12-18-9-8-10-18)13-21(24(25,26)27)20(7-2)22(28)16(3)11-19-14-23(4,5)15-19/h6-7,17-19H,1-3,8-15H2,4-5H3/b21-20-. The highest BCUT2D eigenvalue weighted by Crippen LogP contribution is 2.47. The Kier molecular flexibility index (Phi) is 7.17. The van der Waals surface area contributed by atoms with Crippen LogP contribution >= 0.6 is 0 Å². The Hall–Kier alpha value is -1.58. The Balaban J connectivity index is 2.17. The van der Waals surface area contributed by atoms with Crippen molar-refractivity contribution in [3.05, 3.63) is 48.6 Å². The van der Waals surface area contributed by atoms with Gasteiger partial charge in [0.1, 0.15) is 0 Å². The SMILES string of the molecule is C=C/C(C(=O)C(=C)CC1CC(C)(C)C1)=C(\CC(C=C)CC1CCC1)C(F)(F)F. The average molecular weight is 395 g/mol. The molecule has 2 rings (SSSR count). The second-order valence-corrected chi connectivity index (χ2v) is 9.40. The lowest BCUT2D eigenvalue weighted by atomic mass is 9.62. The molecule has 28 heavy (non-hydrogen) atoms. The van der Waals surface area contributed by atoms with E-state index in [2.05, 4.69) is 33.6 Å². The predicted octanol–water partition coefficient (Wildman–Crippen LogP) is 7.37. The maximum Gasteiger partial charge on any atom is 0.413 e. The molecule has 2 aliphatic rings. The summed E-state index contributed by atoms with van der Waals surface area (Å²) in [5.74, 6) is -0.104. The molecular formula is C24H33F3O. The van der Waals surface area contributed by atoms with Crippen LogP contribution in [0.1, 0.15) is 65.2 Å². The number of Topliss-reactive ketones (excluding diaryl/α,β-unsaturated/α-hetero) is 1. The maximum absolute atomic E-state index is 13.8. The van der Waals surface area contributed by atoms with E-state index < -0.39 is 17.5 Å². The topological polar surface area (TPSA) is 17.1 Å². The molecular weight excluding hydrogens is 361 g/mol. The Morgan fingerprint density at radius 1 is 1.18 bits per heavy atom. The largest absolute Gasteiger partial charge is 0.413 e. The molecule has 0 aromatic heterocycles. The number of hydrogen-bond donors (Lipinski definition) is 0. The summed E-state index contributed by atoms with van der Waals surface area (Å²) in [7, 11) is 0. The molecule has 4 heteroatoms. The molecule has 0 bridgehead atoms. The lowest BCUT2D eigenvalue weighted by Crippen LogP contribution is -2.32. The number of ketones is 1. The van der Waals surface area contributed by atoms with Crippen LogP contribution in [-0.2, 0) is 4.79 Å². The summed E-state index contributed by atoms with van der Waals surface area (Å²) >= 11 is 0. The summed E-state index contributed by atoms with van der Waals surface area (Å²) in [6, 6.07) is 0. The number of carbonyl (C=O) groups excluding carboxylic acids is 1. The van der Waals surface area contributed by atoms with E-state index in [1.165, 1.54) is 0 Å². The van der Waals surface area contributed by atoms with Crippen LogP contribution in [-0.4, -0.2) is 12.0 Å². The third-order valence-electron chi connectivity index (χ3n) is 6.32. The Morgan fingerprint density at radius 2 is 1.79 bits per heavy atom. The van der Waals surface area contributed by atoms with Crippen LogP contribution in [0.5, 0.6) is 0 Å². The summed E-state index contributed by atoms with van der Waals surface area (Å²) in [4.78, 5) is 12.8. The van der Waals surface area contributed by atoms with Gasteiger partial charge >= 0.3 is 6.18 Å². The molecule has 0 N–H and O–H groups in total. The highest BCUT2D eigenvalue weighted by molar-refractivity contribution is 6.10. The molecule has 2 fully saturated rings. The average Bonchev–Trinajstić information content (AvgIpc) is 2.52. The van der Waals surface area contributed by atoms with Gasteiger partial charge < -0.3 is 0 Å². The first kappa shape index (κ1) is 22.7. The van der Waals surface area contributed by atoms with Gasteiger partial charge in [0.2, 0.25) is 0 Å². The molecule has 2 saturated carbocycles. The minimum atomic E-state index is -4.57. The lowest BCUT2D eigenvalue weighted by Gasteiger charge is -2.43. The summed E-state index contributed by atoms with van der Waals surface area (Å²) in [5.41, 5.74) is -0.615. The molecule has 0 spiro atoms. The molecule has 156 valence electrons. The monoisotopic (exact) mass is 394 g/mol. The van der Waals surface area contributed by atoms with E-state index in [1.54, 1.807) is 6.08 Å². The van der Waals surface area contributed by atoms with Gasteiger partial charge in [-0.1, -0.05) is 58.4 Å². The molecule has 0 radical (unpaired) electrons. The molecule has 0 aromatic carbocycles. The highest BCUT2D eigenvalue weighted by Gasteiger charge is 2.40. The predicted molar refractivity (Wildman–Crippen MR) is 109 cm³/mol. The number of hydrogen-bond acceptors (Lipinski definition) is 1. The van der Waals surface area contributed by atoms with E-state index in [-0.39, 0.29) is 28.9 Å². The van der Waals surface area contributed by atoms with Gasteiger partial charge in [0, 0.05) is 11.1 Å². The molecule has 1 unspecified atom stereocenters. The first-order chi connectivity index (χ1) is 13.0. The van der Waals surface area contributed by atoms with Gasteiger partial charge in [-0.25, -0.2) is 0 Å². The molecule has 0 aliphatic heterocycles. The van der Waals surface area contributed by atoms with Gasteiger partial charge in [-0.05, 0) is 60.8 Å². The van der Waals surface area contributed by atoms with Crippen molar-refractivity contribution in [2.75, 3.05) is 0 Å². The van der Waals surface area contributed by atoms with Gasteiger partial charge in [0.25, 0.3) is 0 Å². The number of alkyl halides is 3. The van der Waals surface area contributed by atoms with Crippen LogP contribution in [0, 0.1) is 23.2 Å². The molecule has 2 aliphatic carbocycles. The van der Waals surface area contributed by atoms with Crippen LogP contribution < -0.4 is 0 Å². The van der Waals surface area contributed by atoms with Crippen LogP contribution in [0.15, 0.2) is 48.6 Å². The van der Waals surface area contributed by atoms with Crippen molar-refractivity contribution in [1.29, 1.82) is 0 Å². The lowest BCUT2D eigenvalue weighted by molar-refractivity contribution is -0.114. The zero-order valence-electron chi connectivity index (χ0n) is 17.2. The van der Waals surface area contributed by atoms with E-state index in [0.29, 0.717) is 24.7 Å². The molecule has 0 aromatic rings. The van der Waals surface area contributed by atoms with Crippen molar-refractivity contribution in [3.63, 3.8) is 0 Å². The quantitative estimate of drug-likeness (QED) is 0.215. The fourth-order valence-corrected chi connectivity index (χ4v) is 4.69. The zero-order chi connectivity index (χ0) is 21.1. The minimum absolute atomic E-state index is 0.222. The van der Waals surface area contributed by atoms with E-state index >= 15 is 0 Å². The van der Waals surface area contributed by atoms with Gasteiger partial charge in [0.05, 0.1) is 0 Å². The van der Waals surface area contributed by atoms with Crippen molar-refractivity contribution in [2.24, 2.45) is 23.2 Å². The smallest absolute Gasteiger partial charge is 0.289 e. The van der Waals surface area contributed by atoms with Gasteiger partial charge in [-0.3, -0.25) is 4.79 Å². The Bertz CT molecular complexity index is 654. The summed E-state index contributed by atoms with van der Waals surface area (Å²) < 4.78 is 41.5. The van der Waals surface area contributed by atoms with Crippen molar-refractivity contribution < 1.29 is 18.0 Å². The van der Waals surface area contributed by atoms with Gasteiger partial charge in [-0.2, -0.15) is 13.2 Å². The maximum atomic E-state index is 13.8. The molecule has 0 saturated heterocycles. The van der Waals surface area contributed by atoms with Crippen LogP contribution in [0.2, 0.25) is 0 Å². The summed E-state index contributed by atoms with van der Waals surface area (Å²) in [6.45, 7) is 15.4. The van der Waals surface area contributed by atoms with Crippen molar-refractivity contribution >= 4 is 5.78 Å². The van der Waals surface area contributed by atoms with Gasteiger partial charge in [-0.15, -0.1) is 6.58 Å². The Labute approximate surface area is 167 Å². The Morgan fingerprint density at radius 3 is 2.18 bits per heavy atom. The summed E-state index contributed by atoms with van der Waals surface area (Å²) in [5, 5.41) is 0. The van der Waals surface area contributed by atoms with E-state index in [4.69, 9.17) is 0 Å². The van der Waals surface area contributed by atoms with Crippen molar-refractivity contribution in [3.8, 4) is 0 Å². The first-order valence-electron chi connectivity index (χ1n) is 10.2. The number of halogens is 3. The number of carbonyl (C=O) groups is 1. The van der Waals surface area contributed by atoms with Crippen LogP contribution in [0.3, 0.4) is 0 Å². The zero-order valence-corrected chi connectivity index (χ0v) is 17.2. The molecule has 0 amide bonds. The third-order valence-corrected chi connectivity index (χ3v) is 6.32. The molecule has 1 nitrogen and oxygen atoms in total. The minimum Gasteiger partial charge on any atom is -0.289 e. The molecule has 0 heterocycles. The number of rotatable bonds is 10. The van der Waals surface area contributed by atoms with Crippen LogP contribution in [0.4, 0.5) is 13.2 Å². The first-order valence-corrected chi connectivity index (χ1v) is 10.2. The van der Waals surface area contributed by atoms with E-state index in [1.807, 2.05) is 0 Å². The van der Waals surface area contributed by atoms with Crippen molar-refractivity contribution in [2.45, 2.75) is 71.4 Å². The van der Waals surface area contributed by atoms with E-state index in [0.717, 1.165) is 38.2 Å². The van der Waals surface area contributed by atoms with Crippen LogP contribution in [0.25, 0.3) is 0 Å². The van der Waals surface area contributed by atoms with Crippen molar-refractivity contribution in [1.82, 2.24) is 0 Å². The fourth-order valence-electron chi connectivity index (χ4n) is 4.69. The third kappa shape index (κ3) is 5.71. The second kappa shape index (κ2) is 8.84. The summed E-state index contributed by atoms with van der Waals surface area (Å²) in [6.07, 6.45) is 4.23. The highest BCUT2D eigenvalue weighted by atomic mass is 19.4. The fraction of sp³-hybridized carbons (Fsp3) is 0.625. The molecule has 1 atom stereocenters. The van der Waals surface area contributed by atoms with Gasteiger partial charge in [0.15, 0.2) is 5.78 Å². The second-order valence-electron chi connectivity index (χ2n) is 9.40. The normalized spacial score (nSPS) is 21.8.